The zero-order valence-corrected chi connectivity index (χ0v) is 13.9. The van der Waals surface area contributed by atoms with Crippen LogP contribution in [-0.4, -0.2) is 33.6 Å². The number of nitrogens with one attached hydrogen (secondary N) is 1. The molecule has 1 N–H and O–H groups in total. The summed E-state index contributed by atoms with van der Waals surface area (Å²) in [4.78, 5) is 8.60. The third-order valence-corrected chi connectivity index (χ3v) is 4.99. The van der Waals surface area contributed by atoms with Gasteiger partial charge in [-0.25, -0.2) is 9.97 Å². The average molecular weight is 325 g/mol. The fraction of sp³-hybridized carbons (Fsp3) is 0.353. The lowest BCUT2D eigenvalue weighted by Crippen LogP contribution is -2.27. The minimum Gasteiger partial charge on any atom is -0.325 e. The van der Waals surface area contributed by atoms with Crippen molar-refractivity contribution in [2.45, 2.75) is 18.8 Å². The van der Waals surface area contributed by atoms with Gasteiger partial charge in [-0.05, 0) is 54.8 Å². The first-order valence-corrected chi connectivity index (χ1v) is 8.85. The second-order valence-electron chi connectivity index (χ2n) is 5.53. The SMILES string of the molecule is CSN1CCC(c2ccnc(Nc3cc(C#N)ccn3)c2)CC1. The molecule has 0 atom stereocenters. The Kier molecular flexibility index (Phi) is 5.11. The highest BCUT2D eigenvalue weighted by Crippen LogP contribution is 2.31. The highest BCUT2D eigenvalue weighted by Gasteiger charge is 2.20. The van der Waals surface area contributed by atoms with Gasteiger partial charge in [-0.1, -0.05) is 11.9 Å². The third-order valence-electron chi connectivity index (χ3n) is 4.11. The smallest absolute Gasteiger partial charge is 0.132 e. The van der Waals surface area contributed by atoms with Crippen LogP contribution in [0.3, 0.4) is 0 Å². The van der Waals surface area contributed by atoms with Crippen LogP contribution in [0.2, 0.25) is 0 Å². The molecule has 3 rings (SSSR count). The second-order valence-corrected chi connectivity index (χ2v) is 6.41. The molecule has 2 aromatic heterocycles. The Morgan fingerprint density at radius 1 is 1.17 bits per heavy atom. The Bertz CT molecular complexity index is 704. The maximum Gasteiger partial charge on any atom is 0.132 e. The van der Waals surface area contributed by atoms with Crippen molar-refractivity contribution in [3.05, 3.63) is 47.8 Å². The quantitative estimate of drug-likeness (QED) is 0.867. The van der Waals surface area contributed by atoms with Crippen LogP contribution in [-0.2, 0) is 0 Å². The molecule has 0 amide bonds. The number of nitrogens with zero attached hydrogens (tertiary/aromatic N) is 4. The number of anilines is 2. The molecule has 6 heteroatoms. The van der Waals surface area contributed by atoms with Crippen LogP contribution in [0.15, 0.2) is 36.7 Å². The van der Waals surface area contributed by atoms with E-state index >= 15 is 0 Å². The van der Waals surface area contributed by atoms with Gasteiger partial charge >= 0.3 is 0 Å². The van der Waals surface area contributed by atoms with E-state index in [1.165, 1.54) is 18.4 Å². The lowest BCUT2D eigenvalue weighted by Gasteiger charge is -2.30. The number of hydrogen-bond acceptors (Lipinski definition) is 6. The van der Waals surface area contributed by atoms with Crippen molar-refractivity contribution in [1.29, 1.82) is 5.26 Å². The van der Waals surface area contributed by atoms with E-state index in [2.05, 4.69) is 44.0 Å². The van der Waals surface area contributed by atoms with Gasteiger partial charge in [0.05, 0.1) is 11.6 Å². The largest absolute Gasteiger partial charge is 0.325 e. The first kappa shape index (κ1) is 15.8. The van der Waals surface area contributed by atoms with Crippen molar-refractivity contribution >= 4 is 23.6 Å². The van der Waals surface area contributed by atoms with Gasteiger partial charge in [0.2, 0.25) is 0 Å². The van der Waals surface area contributed by atoms with Crippen LogP contribution in [0.1, 0.15) is 29.9 Å². The Hall–Kier alpha value is -2.10. The topological polar surface area (TPSA) is 64.8 Å². The molecule has 1 saturated heterocycles. The summed E-state index contributed by atoms with van der Waals surface area (Å²) in [5.41, 5.74) is 1.91. The summed E-state index contributed by atoms with van der Waals surface area (Å²) in [7, 11) is 0. The van der Waals surface area contributed by atoms with Gasteiger partial charge in [0.1, 0.15) is 11.6 Å². The van der Waals surface area contributed by atoms with Gasteiger partial charge in [0.15, 0.2) is 0 Å². The van der Waals surface area contributed by atoms with E-state index in [0.29, 0.717) is 17.3 Å². The molecule has 1 aliphatic heterocycles. The fourth-order valence-electron chi connectivity index (χ4n) is 2.84. The van der Waals surface area contributed by atoms with Crippen LogP contribution in [0.25, 0.3) is 0 Å². The molecule has 1 aliphatic rings. The van der Waals surface area contributed by atoms with Crippen molar-refractivity contribution in [2.24, 2.45) is 0 Å². The number of nitriles is 1. The van der Waals surface area contributed by atoms with E-state index in [-0.39, 0.29) is 0 Å². The van der Waals surface area contributed by atoms with Gasteiger partial charge < -0.3 is 5.32 Å². The lowest BCUT2D eigenvalue weighted by atomic mass is 9.91. The number of aromatic nitrogens is 2. The Balaban J connectivity index is 1.71. The van der Waals surface area contributed by atoms with E-state index in [1.807, 2.05) is 18.1 Å². The number of piperidine rings is 1. The molecule has 0 saturated carbocycles. The zero-order chi connectivity index (χ0) is 16.1. The number of rotatable bonds is 4. The van der Waals surface area contributed by atoms with Crippen molar-refractivity contribution in [3.63, 3.8) is 0 Å². The summed E-state index contributed by atoms with van der Waals surface area (Å²) in [5.74, 6) is 2.00. The summed E-state index contributed by atoms with van der Waals surface area (Å²) in [6.45, 7) is 2.26. The van der Waals surface area contributed by atoms with E-state index in [1.54, 1.807) is 18.3 Å². The minimum atomic E-state index is 0.584. The second kappa shape index (κ2) is 7.44. The van der Waals surface area contributed by atoms with Crippen molar-refractivity contribution in [2.75, 3.05) is 24.7 Å². The standard InChI is InChI=1S/C17H19N5S/c1-23-22-8-4-14(5-9-22)15-3-7-20-17(11-15)21-16-10-13(12-18)2-6-19-16/h2-3,6-7,10-11,14H,4-5,8-9H2,1H3,(H,19,20,21). The van der Waals surface area contributed by atoms with Gasteiger partial charge in [-0.3, -0.25) is 4.31 Å². The average Bonchev–Trinajstić information content (AvgIpc) is 2.62. The van der Waals surface area contributed by atoms with Crippen LogP contribution in [0, 0.1) is 11.3 Å². The summed E-state index contributed by atoms with van der Waals surface area (Å²) < 4.78 is 2.41. The van der Waals surface area contributed by atoms with E-state index < -0.39 is 0 Å². The molecule has 2 aromatic rings. The molecule has 0 unspecified atom stereocenters. The number of pyridine rings is 2. The highest BCUT2D eigenvalue weighted by atomic mass is 32.2. The molecule has 3 heterocycles. The Morgan fingerprint density at radius 3 is 2.57 bits per heavy atom. The molecule has 5 nitrogen and oxygen atoms in total. The summed E-state index contributed by atoms with van der Waals surface area (Å²) in [6.07, 6.45) is 7.95. The highest BCUT2D eigenvalue weighted by molar-refractivity contribution is 7.96. The Labute approximate surface area is 140 Å². The van der Waals surface area contributed by atoms with Crippen LogP contribution >= 0.6 is 11.9 Å². The van der Waals surface area contributed by atoms with E-state index in [0.717, 1.165) is 18.9 Å². The van der Waals surface area contributed by atoms with E-state index in [4.69, 9.17) is 5.26 Å². The predicted octanol–water partition coefficient (Wildman–Crippen LogP) is 3.55. The number of hydrogen-bond donors (Lipinski definition) is 1. The summed E-state index contributed by atoms with van der Waals surface area (Å²) in [5, 5.41) is 12.1. The summed E-state index contributed by atoms with van der Waals surface area (Å²) in [6, 6.07) is 9.73. The first-order chi connectivity index (χ1) is 11.3. The molecule has 0 radical (unpaired) electrons. The van der Waals surface area contributed by atoms with Crippen molar-refractivity contribution < 1.29 is 0 Å². The molecule has 23 heavy (non-hydrogen) atoms. The van der Waals surface area contributed by atoms with Crippen molar-refractivity contribution in [1.82, 2.24) is 14.3 Å². The zero-order valence-electron chi connectivity index (χ0n) is 13.1. The minimum absolute atomic E-state index is 0.584. The fourth-order valence-corrected chi connectivity index (χ4v) is 3.42. The molecular weight excluding hydrogens is 306 g/mol. The van der Waals surface area contributed by atoms with Crippen LogP contribution in [0.5, 0.6) is 0 Å². The molecule has 0 spiro atoms. The lowest BCUT2D eigenvalue weighted by molar-refractivity contribution is 0.347. The molecule has 118 valence electrons. The monoisotopic (exact) mass is 325 g/mol. The van der Waals surface area contributed by atoms with Crippen LogP contribution < -0.4 is 5.32 Å². The van der Waals surface area contributed by atoms with Gasteiger partial charge in [0, 0.05) is 25.5 Å². The molecule has 0 aromatic carbocycles. The van der Waals surface area contributed by atoms with Crippen molar-refractivity contribution in [3.8, 4) is 6.07 Å². The van der Waals surface area contributed by atoms with Gasteiger partial charge in [0.25, 0.3) is 0 Å². The van der Waals surface area contributed by atoms with Gasteiger partial charge in [-0.15, -0.1) is 0 Å². The van der Waals surface area contributed by atoms with E-state index in [9.17, 15) is 0 Å². The van der Waals surface area contributed by atoms with Crippen LogP contribution in [0.4, 0.5) is 11.6 Å². The van der Waals surface area contributed by atoms with Gasteiger partial charge in [-0.2, -0.15) is 5.26 Å². The third kappa shape index (κ3) is 4.01. The molecule has 0 bridgehead atoms. The molecule has 1 fully saturated rings. The maximum absolute atomic E-state index is 8.96. The summed E-state index contributed by atoms with van der Waals surface area (Å²) >= 11 is 1.83. The first-order valence-electron chi connectivity index (χ1n) is 7.66. The maximum atomic E-state index is 8.96. The predicted molar refractivity (Wildman–Crippen MR) is 93.5 cm³/mol. The molecule has 0 aliphatic carbocycles. The normalized spacial score (nSPS) is 16.0. The Morgan fingerprint density at radius 2 is 1.87 bits per heavy atom. The molecular formula is C17H19N5S.